The molecule has 0 spiro atoms. The van der Waals surface area contributed by atoms with Gasteiger partial charge < -0.3 is 18.6 Å². The molecular weight excluding hydrogens is 468 g/mol. The molecule has 1 saturated carbocycles. The Kier molecular flexibility index (Phi) is 9.20. The number of benzene rings is 2. The van der Waals surface area contributed by atoms with E-state index < -0.39 is 14.4 Å². The van der Waals surface area contributed by atoms with E-state index in [9.17, 15) is 4.79 Å². The highest BCUT2D eigenvalue weighted by Gasteiger charge is 2.57. The van der Waals surface area contributed by atoms with Crippen molar-refractivity contribution in [1.29, 1.82) is 0 Å². The van der Waals surface area contributed by atoms with Crippen molar-refractivity contribution in [1.82, 2.24) is 0 Å². The molecule has 2 aromatic carbocycles. The number of carbonyl (C=O) groups excluding carboxylic acids is 1. The van der Waals surface area contributed by atoms with E-state index in [0.717, 1.165) is 11.1 Å². The third-order valence-electron chi connectivity index (χ3n) is 7.68. The van der Waals surface area contributed by atoms with Crippen LogP contribution < -0.4 is 0 Å². The van der Waals surface area contributed by atoms with Crippen LogP contribution >= 0.6 is 0 Å². The van der Waals surface area contributed by atoms with Crippen LogP contribution in [0.5, 0.6) is 0 Å². The lowest BCUT2D eigenvalue weighted by Gasteiger charge is -2.43. The van der Waals surface area contributed by atoms with Crippen LogP contribution in [-0.2, 0) is 36.6 Å². The van der Waals surface area contributed by atoms with Gasteiger partial charge in [0.1, 0.15) is 0 Å². The van der Waals surface area contributed by atoms with Gasteiger partial charge in [0.2, 0.25) is 0 Å². The van der Waals surface area contributed by atoms with Crippen molar-refractivity contribution in [2.75, 3.05) is 6.61 Å². The predicted octanol–water partition coefficient (Wildman–Crippen LogP) is 6.83. The molecule has 6 heteroatoms. The topological polar surface area (TPSA) is 54.0 Å². The third-order valence-corrected chi connectivity index (χ3v) is 12.1. The highest BCUT2D eigenvalue weighted by atomic mass is 28.4. The molecule has 0 saturated heterocycles. The Morgan fingerprint density at radius 1 is 1.00 bits per heavy atom. The zero-order valence-corrected chi connectivity index (χ0v) is 24.3. The average molecular weight is 513 g/mol. The van der Waals surface area contributed by atoms with Gasteiger partial charge in [0.15, 0.2) is 14.4 Å². The maximum absolute atomic E-state index is 12.2. The lowest BCUT2D eigenvalue weighted by atomic mass is 9.87. The molecule has 2 aromatic rings. The summed E-state index contributed by atoms with van der Waals surface area (Å²) in [5.74, 6) is -0.317. The molecule has 0 heterocycles. The van der Waals surface area contributed by atoms with Crippen LogP contribution in [-0.4, -0.2) is 39.2 Å². The summed E-state index contributed by atoms with van der Waals surface area (Å²) in [6, 6.07) is 18.5. The van der Waals surface area contributed by atoms with Gasteiger partial charge in [0, 0.05) is 12.3 Å². The first kappa shape index (κ1) is 28.6. The van der Waals surface area contributed by atoms with Crippen molar-refractivity contribution in [3.8, 4) is 0 Å². The van der Waals surface area contributed by atoms with Gasteiger partial charge in [0.05, 0.1) is 32.0 Å². The Hall–Kier alpha value is -1.99. The van der Waals surface area contributed by atoms with E-state index in [0.29, 0.717) is 26.2 Å². The summed E-state index contributed by atoms with van der Waals surface area (Å²) in [4.78, 5) is 12.2. The van der Waals surface area contributed by atoms with E-state index >= 15 is 0 Å². The van der Waals surface area contributed by atoms with E-state index in [1.807, 2.05) is 18.2 Å². The number of esters is 1. The average Bonchev–Trinajstić information content (AvgIpc) is 3.03. The fourth-order valence-corrected chi connectivity index (χ4v) is 5.88. The van der Waals surface area contributed by atoms with Gasteiger partial charge in [-0.05, 0) is 42.6 Å². The van der Waals surface area contributed by atoms with Crippen molar-refractivity contribution < 1.29 is 23.4 Å². The Morgan fingerprint density at radius 3 is 2.19 bits per heavy atom. The smallest absolute Gasteiger partial charge is 0.303 e. The molecule has 0 aliphatic heterocycles. The summed E-state index contributed by atoms with van der Waals surface area (Å²) in [6.07, 6.45) is -0.408. The minimum Gasteiger partial charge on any atom is -0.457 e. The molecule has 0 N–H and O–H groups in total. The van der Waals surface area contributed by atoms with Crippen LogP contribution in [0.4, 0.5) is 0 Å². The minimum absolute atomic E-state index is 0.0143. The van der Waals surface area contributed by atoms with Crippen molar-refractivity contribution >= 4 is 14.3 Å². The Balaban J connectivity index is 1.85. The predicted molar refractivity (Wildman–Crippen MR) is 146 cm³/mol. The lowest BCUT2D eigenvalue weighted by molar-refractivity contribution is -0.161. The van der Waals surface area contributed by atoms with Gasteiger partial charge in [-0.15, -0.1) is 0 Å². The largest absolute Gasteiger partial charge is 0.457 e. The first-order chi connectivity index (χ1) is 16.8. The molecule has 3 rings (SSSR count). The molecule has 0 radical (unpaired) electrons. The van der Waals surface area contributed by atoms with Gasteiger partial charge in [0.25, 0.3) is 0 Å². The van der Waals surface area contributed by atoms with Gasteiger partial charge in [-0.3, -0.25) is 4.79 Å². The Morgan fingerprint density at radius 2 is 1.61 bits per heavy atom. The molecule has 198 valence electrons. The Labute approximate surface area is 218 Å². The SMILES string of the molecule is CC(=O)O[C@H]1[C@@H](OCc2ccc(C)cc2)C[C@@](C)(COCc2ccccc2)[C@@H]1O[Si](C)(C)C(C)(C)C. The fourth-order valence-electron chi connectivity index (χ4n) is 4.47. The Bertz CT molecular complexity index is 983. The molecule has 1 fully saturated rings. The van der Waals surface area contributed by atoms with E-state index in [4.69, 9.17) is 18.6 Å². The normalized spacial score (nSPS) is 24.6. The number of ether oxygens (including phenoxy) is 3. The molecule has 0 aromatic heterocycles. The van der Waals surface area contributed by atoms with E-state index in [2.05, 4.69) is 84.1 Å². The lowest BCUT2D eigenvalue weighted by Crippen LogP contribution is -2.52. The highest BCUT2D eigenvalue weighted by Crippen LogP contribution is 2.48. The summed E-state index contributed by atoms with van der Waals surface area (Å²) in [7, 11) is -2.18. The highest BCUT2D eigenvalue weighted by molar-refractivity contribution is 6.74. The molecule has 0 amide bonds. The summed E-state index contributed by atoms with van der Waals surface area (Å²) in [6.45, 7) is 18.3. The van der Waals surface area contributed by atoms with Crippen LogP contribution in [0.3, 0.4) is 0 Å². The van der Waals surface area contributed by atoms with Crippen molar-refractivity contribution in [2.24, 2.45) is 5.41 Å². The van der Waals surface area contributed by atoms with Crippen LogP contribution in [0.15, 0.2) is 54.6 Å². The number of rotatable bonds is 10. The van der Waals surface area contributed by atoms with Crippen molar-refractivity contribution in [2.45, 2.75) is 97.6 Å². The van der Waals surface area contributed by atoms with E-state index in [1.165, 1.54) is 12.5 Å². The maximum Gasteiger partial charge on any atom is 0.303 e. The second-order valence-electron chi connectivity index (χ2n) is 12.0. The quantitative estimate of drug-likeness (QED) is 0.258. The molecule has 4 atom stereocenters. The first-order valence-corrected chi connectivity index (χ1v) is 15.9. The maximum atomic E-state index is 12.2. The van der Waals surface area contributed by atoms with Gasteiger partial charge in [-0.25, -0.2) is 0 Å². The minimum atomic E-state index is -2.18. The molecule has 36 heavy (non-hydrogen) atoms. The molecule has 0 unspecified atom stereocenters. The summed E-state index contributed by atoms with van der Waals surface area (Å²) in [5, 5.41) is 0.0143. The third kappa shape index (κ3) is 7.28. The molecule has 1 aliphatic carbocycles. The molecule has 1 aliphatic rings. The number of carbonyl (C=O) groups is 1. The fraction of sp³-hybridized carbons (Fsp3) is 0.567. The van der Waals surface area contributed by atoms with Gasteiger partial charge in [-0.2, -0.15) is 0 Å². The van der Waals surface area contributed by atoms with Crippen LogP contribution in [0.25, 0.3) is 0 Å². The second-order valence-corrected chi connectivity index (χ2v) is 16.8. The summed E-state index contributed by atoms with van der Waals surface area (Å²) >= 11 is 0. The number of hydrogen-bond acceptors (Lipinski definition) is 5. The van der Waals surface area contributed by atoms with Gasteiger partial charge >= 0.3 is 5.97 Å². The molecule has 5 nitrogen and oxygen atoms in total. The summed E-state index contributed by atoms with van der Waals surface area (Å²) in [5.41, 5.74) is 3.06. The number of aryl methyl sites for hydroxylation is 1. The zero-order valence-electron chi connectivity index (χ0n) is 23.3. The monoisotopic (exact) mass is 512 g/mol. The molecular formula is C30H44O5Si. The molecule has 0 bridgehead atoms. The standard InChI is InChI=1S/C30H44O5Si/c1-22-14-16-25(17-15-22)20-33-26-18-30(6,21-32-19-24-12-10-9-11-13-24)28(27(26)34-23(2)31)35-36(7,8)29(3,4)5/h9-17,26-28H,18-21H2,1-8H3/t26-,27-,28+,30-/m0/s1. The van der Waals surface area contributed by atoms with Crippen LogP contribution in [0.2, 0.25) is 18.1 Å². The van der Waals surface area contributed by atoms with Crippen molar-refractivity contribution in [3.63, 3.8) is 0 Å². The van der Waals surface area contributed by atoms with Crippen LogP contribution in [0, 0.1) is 12.3 Å². The van der Waals surface area contributed by atoms with E-state index in [1.54, 1.807) is 0 Å². The van der Waals surface area contributed by atoms with Gasteiger partial charge in [-0.1, -0.05) is 87.9 Å². The summed E-state index contributed by atoms with van der Waals surface area (Å²) < 4.78 is 25.6. The van der Waals surface area contributed by atoms with Crippen LogP contribution in [0.1, 0.15) is 57.7 Å². The first-order valence-electron chi connectivity index (χ1n) is 12.9. The van der Waals surface area contributed by atoms with E-state index in [-0.39, 0.29) is 28.6 Å². The zero-order chi connectivity index (χ0) is 26.6. The second kappa shape index (κ2) is 11.6. The number of hydrogen-bond donors (Lipinski definition) is 0. The van der Waals surface area contributed by atoms with Crippen molar-refractivity contribution in [3.05, 3.63) is 71.3 Å².